The van der Waals surface area contributed by atoms with E-state index in [1.165, 1.54) is 18.4 Å². The van der Waals surface area contributed by atoms with Gasteiger partial charge in [-0.3, -0.25) is 4.21 Å². The molecule has 0 saturated carbocycles. The summed E-state index contributed by atoms with van der Waals surface area (Å²) >= 11 is 0. The lowest BCUT2D eigenvalue weighted by Crippen LogP contribution is -2.36. The van der Waals surface area contributed by atoms with E-state index in [-0.39, 0.29) is 10.6 Å². The largest absolute Gasteiger partial charge is 0.405 e. The van der Waals surface area contributed by atoms with E-state index in [1.807, 2.05) is 5.32 Å². The molecule has 0 unspecified atom stereocenters. The molecule has 1 aromatic rings. The fourth-order valence-electron chi connectivity index (χ4n) is 1.17. The number of benzene rings is 1. The number of carbonyl (C=O) groups excluding carboxylic acids is 1. The first kappa shape index (κ1) is 15.4. The molecule has 106 valence electrons. The average Bonchev–Trinajstić information content (AvgIpc) is 2.25. The fraction of sp³-hybridized carbons (Fsp3) is 0.300. The van der Waals surface area contributed by atoms with Crippen LogP contribution >= 0.6 is 0 Å². The van der Waals surface area contributed by atoms with Crippen molar-refractivity contribution >= 4 is 22.5 Å². The zero-order valence-electron chi connectivity index (χ0n) is 9.68. The molecule has 2 N–H and O–H groups in total. The third-order valence-corrected chi connectivity index (χ3v) is 2.90. The molecular formula is C10H10F4N2O2S. The first-order chi connectivity index (χ1) is 8.69. The smallest absolute Gasteiger partial charge is 0.329 e. The lowest BCUT2D eigenvalue weighted by molar-refractivity contribution is -0.122. The molecule has 0 aliphatic rings. The number of amides is 2. The third kappa shape index (κ3) is 5.25. The second-order valence-electron chi connectivity index (χ2n) is 3.52. The molecular weight excluding hydrogens is 288 g/mol. The van der Waals surface area contributed by atoms with Gasteiger partial charge in [-0.1, -0.05) is 0 Å². The standard InChI is InChI=1S/C10H10F4N2O2S/c1-19(18)8-3-2-6(4-7(8)11)16-9(17)15-5-10(12,13)14/h2-4H,5H2,1H3,(H2,15,16,17)/t19-/m0/s1. The van der Waals surface area contributed by atoms with Gasteiger partial charge in [0.2, 0.25) is 0 Å². The Kier molecular flexibility index (Phi) is 4.87. The molecule has 0 aromatic heterocycles. The maximum Gasteiger partial charge on any atom is 0.405 e. The van der Waals surface area contributed by atoms with Crippen LogP contribution in [0.1, 0.15) is 0 Å². The second kappa shape index (κ2) is 6.00. The van der Waals surface area contributed by atoms with E-state index in [1.54, 1.807) is 5.32 Å². The Labute approximate surface area is 108 Å². The normalized spacial score (nSPS) is 12.9. The van der Waals surface area contributed by atoms with Crippen molar-refractivity contribution in [2.45, 2.75) is 11.1 Å². The van der Waals surface area contributed by atoms with Crippen molar-refractivity contribution in [2.24, 2.45) is 0 Å². The summed E-state index contributed by atoms with van der Waals surface area (Å²) < 4.78 is 59.9. The predicted molar refractivity (Wildman–Crippen MR) is 61.8 cm³/mol. The summed E-state index contributed by atoms with van der Waals surface area (Å²) in [5.74, 6) is -0.811. The van der Waals surface area contributed by atoms with Gasteiger partial charge < -0.3 is 10.6 Å². The number of hydrogen-bond donors (Lipinski definition) is 2. The molecule has 2 amide bonds. The number of nitrogens with one attached hydrogen (secondary N) is 2. The number of rotatable bonds is 3. The van der Waals surface area contributed by atoms with Crippen molar-refractivity contribution in [2.75, 3.05) is 18.1 Å². The molecule has 0 spiro atoms. The average molecular weight is 298 g/mol. The van der Waals surface area contributed by atoms with Crippen molar-refractivity contribution in [3.05, 3.63) is 24.0 Å². The predicted octanol–water partition coefficient (Wildman–Crippen LogP) is 2.25. The first-order valence-electron chi connectivity index (χ1n) is 4.93. The zero-order chi connectivity index (χ0) is 14.6. The lowest BCUT2D eigenvalue weighted by atomic mass is 10.3. The van der Waals surface area contributed by atoms with E-state index < -0.39 is 35.4 Å². The lowest BCUT2D eigenvalue weighted by Gasteiger charge is -2.10. The molecule has 0 aliphatic carbocycles. The Morgan fingerprint density at radius 3 is 2.47 bits per heavy atom. The maximum absolute atomic E-state index is 13.4. The van der Waals surface area contributed by atoms with Gasteiger partial charge in [-0.05, 0) is 18.2 Å². The fourth-order valence-corrected chi connectivity index (χ4v) is 1.76. The van der Waals surface area contributed by atoms with Crippen LogP contribution in [-0.4, -0.2) is 29.2 Å². The molecule has 0 saturated heterocycles. The van der Waals surface area contributed by atoms with Crippen LogP contribution < -0.4 is 10.6 Å². The Bertz CT molecular complexity index is 505. The van der Waals surface area contributed by atoms with Crippen molar-refractivity contribution in [1.82, 2.24) is 5.32 Å². The van der Waals surface area contributed by atoms with Crippen molar-refractivity contribution < 1.29 is 26.6 Å². The summed E-state index contributed by atoms with van der Waals surface area (Å²) in [5.41, 5.74) is -0.0358. The van der Waals surface area contributed by atoms with Crippen molar-refractivity contribution in [1.29, 1.82) is 0 Å². The monoisotopic (exact) mass is 298 g/mol. The van der Waals surface area contributed by atoms with Crippen LogP contribution in [0, 0.1) is 5.82 Å². The van der Waals surface area contributed by atoms with Gasteiger partial charge in [0.25, 0.3) is 0 Å². The quantitative estimate of drug-likeness (QED) is 0.841. The van der Waals surface area contributed by atoms with Gasteiger partial charge in [-0.25, -0.2) is 9.18 Å². The molecule has 1 atom stereocenters. The highest BCUT2D eigenvalue weighted by Crippen LogP contribution is 2.17. The van der Waals surface area contributed by atoms with Crippen LogP contribution in [0.5, 0.6) is 0 Å². The number of hydrogen-bond acceptors (Lipinski definition) is 2. The van der Waals surface area contributed by atoms with E-state index in [0.29, 0.717) is 0 Å². The molecule has 0 bridgehead atoms. The Hall–Kier alpha value is -1.64. The van der Waals surface area contributed by atoms with E-state index >= 15 is 0 Å². The van der Waals surface area contributed by atoms with Crippen molar-refractivity contribution in [3.63, 3.8) is 0 Å². The minimum Gasteiger partial charge on any atom is -0.329 e. The number of urea groups is 1. The summed E-state index contributed by atoms with van der Waals surface area (Å²) in [5, 5.41) is 3.60. The van der Waals surface area contributed by atoms with Crippen molar-refractivity contribution in [3.8, 4) is 0 Å². The SMILES string of the molecule is C[S@](=O)c1ccc(NC(=O)NCC(F)(F)F)cc1F. The van der Waals surface area contributed by atoms with Gasteiger partial charge in [-0.15, -0.1) is 0 Å². The van der Waals surface area contributed by atoms with Gasteiger partial charge in [-0.2, -0.15) is 13.2 Å². The minimum atomic E-state index is -4.52. The van der Waals surface area contributed by atoms with Crippen LogP contribution in [-0.2, 0) is 10.8 Å². The molecule has 0 aliphatic heterocycles. The topological polar surface area (TPSA) is 58.2 Å². The van der Waals surface area contributed by atoms with E-state index in [9.17, 15) is 26.6 Å². The Morgan fingerprint density at radius 2 is 2.00 bits per heavy atom. The maximum atomic E-state index is 13.4. The molecule has 0 fully saturated rings. The molecule has 0 heterocycles. The summed E-state index contributed by atoms with van der Waals surface area (Å²) in [6.07, 6.45) is -3.24. The van der Waals surface area contributed by atoms with Crippen LogP contribution in [0.4, 0.5) is 28.0 Å². The number of carbonyl (C=O) groups is 1. The minimum absolute atomic E-state index is 0.0358. The first-order valence-corrected chi connectivity index (χ1v) is 6.49. The van der Waals surface area contributed by atoms with Crippen LogP contribution in [0.2, 0.25) is 0 Å². The number of anilines is 1. The van der Waals surface area contributed by atoms with E-state index in [2.05, 4.69) is 0 Å². The van der Waals surface area contributed by atoms with Crippen LogP contribution in [0.25, 0.3) is 0 Å². The number of halogens is 4. The van der Waals surface area contributed by atoms with Crippen LogP contribution in [0.15, 0.2) is 23.1 Å². The highest BCUT2D eigenvalue weighted by atomic mass is 32.2. The molecule has 4 nitrogen and oxygen atoms in total. The molecule has 1 rings (SSSR count). The molecule has 19 heavy (non-hydrogen) atoms. The molecule has 9 heteroatoms. The summed E-state index contributed by atoms with van der Waals surface area (Å²) in [4.78, 5) is 11.0. The highest BCUT2D eigenvalue weighted by molar-refractivity contribution is 7.84. The zero-order valence-corrected chi connectivity index (χ0v) is 10.5. The van der Waals surface area contributed by atoms with Gasteiger partial charge in [0, 0.05) is 11.9 Å². The summed E-state index contributed by atoms with van der Waals surface area (Å²) in [6.45, 7) is -1.49. The summed E-state index contributed by atoms with van der Waals surface area (Å²) in [6, 6.07) is 2.20. The molecule has 0 radical (unpaired) electrons. The number of alkyl halides is 3. The van der Waals surface area contributed by atoms with Gasteiger partial charge >= 0.3 is 12.2 Å². The third-order valence-electron chi connectivity index (χ3n) is 1.95. The van der Waals surface area contributed by atoms with E-state index in [0.717, 1.165) is 6.07 Å². The Morgan fingerprint density at radius 1 is 1.37 bits per heavy atom. The van der Waals surface area contributed by atoms with Gasteiger partial charge in [0.1, 0.15) is 12.4 Å². The highest BCUT2D eigenvalue weighted by Gasteiger charge is 2.27. The summed E-state index contributed by atoms with van der Waals surface area (Å²) in [7, 11) is -1.53. The molecule has 1 aromatic carbocycles. The van der Waals surface area contributed by atoms with E-state index in [4.69, 9.17) is 0 Å². The van der Waals surface area contributed by atoms with Gasteiger partial charge in [0.05, 0.1) is 15.7 Å². The van der Waals surface area contributed by atoms with Crippen LogP contribution in [0.3, 0.4) is 0 Å². The Balaban J connectivity index is 2.65. The van der Waals surface area contributed by atoms with Gasteiger partial charge in [0.15, 0.2) is 0 Å². The second-order valence-corrected chi connectivity index (χ2v) is 4.87.